The number of carboxylic acid groups (broad SMARTS) is 1. The molecular weight excluding hydrogens is 236 g/mol. The lowest BCUT2D eigenvalue weighted by molar-refractivity contribution is 0.0696. The van der Waals surface area contributed by atoms with E-state index in [0.29, 0.717) is 31.0 Å². The smallest absolute Gasteiger partial charge is 0.335 e. The zero-order valence-electron chi connectivity index (χ0n) is 10.3. The minimum absolute atomic E-state index is 0.0829. The fourth-order valence-electron chi connectivity index (χ4n) is 1.62. The topological polar surface area (TPSA) is 93.9 Å². The van der Waals surface area contributed by atoms with Crippen LogP contribution in [0.15, 0.2) is 12.1 Å². The van der Waals surface area contributed by atoms with Crippen molar-refractivity contribution in [1.29, 1.82) is 0 Å². The number of aliphatic hydroxyl groups is 2. The van der Waals surface area contributed by atoms with Crippen molar-refractivity contribution in [3.8, 4) is 0 Å². The Kier molecular flexibility index (Phi) is 5.54. The third-order valence-corrected chi connectivity index (χ3v) is 2.54. The summed E-state index contributed by atoms with van der Waals surface area (Å²) in [4.78, 5) is 17.0. The van der Waals surface area contributed by atoms with Crippen molar-refractivity contribution in [2.24, 2.45) is 0 Å². The van der Waals surface area contributed by atoms with Gasteiger partial charge in [0.25, 0.3) is 0 Å². The van der Waals surface area contributed by atoms with E-state index in [4.69, 9.17) is 15.3 Å². The van der Waals surface area contributed by atoms with Crippen LogP contribution in [-0.4, -0.2) is 52.6 Å². The number of hydrogen-bond acceptors (Lipinski definition) is 5. The summed E-state index contributed by atoms with van der Waals surface area (Å²) in [5, 5.41) is 27.0. The van der Waals surface area contributed by atoms with Gasteiger partial charge >= 0.3 is 5.97 Å². The lowest BCUT2D eigenvalue weighted by atomic mass is 10.2. The Morgan fingerprint density at radius 3 is 2.33 bits per heavy atom. The van der Waals surface area contributed by atoms with Crippen LogP contribution in [0.25, 0.3) is 0 Å². The van der Waals surface area contributed by atoms with Gasteiger partial charge in [-0.05, 0) is 18.6 Å². The van der Waals surface area contributed by atoms with Crippen molar-refractivity contribution in [1.82, 2.24) is 4.98 Å². The minimum atomic E-state index is -1.01. The Hall–Kier alpha value is -1.66. The third kappa shape index (κ3) is 3.68. The van der Waals surface area contributed by atoms with E-state index in [1.54, 1.807) is 4.90 Å². The van der Waals surface area contributed by atoms with Gasteiger partial charge in [0.15, 0.2) is 0 Å². The number of aromatic nitrogens is 1. The SMILES string of the molecule is CCc1cc(C(=O)O)cc(N(CCO)CCO)n1. The van der Waals surface area contributed by atoms with Crippen LogP contribution in [-0.2, 0) is 6.42 Å². The summed E-state index contributed by atoms with van der Waals surface area (Å²) in [6.45, 7) is 2.33. The maximum Gasteiger partial charge on any atom is 0.335 e. The molecule has 0 aliphatic rings. The van der Waals surface area contributed by atoms with Gasteiger partial charge in [0, 0.05) is 18.8 Å². The average Bonchev–Trinajstić information content (AvgIpc) is 2.37. The molecular formula is C12H18N2O4. The summed E-state index contributed by atoms with van der Waals surface area (Å²) in [7, 11) is 0. The van der Waals surface area contributed by atoms with E-state index in [9.17, 15) is 4.79 Å². The molecule has 0 saturated heterocycles. The van der Waals surface area contributed by atoms with E-state index in [1.165, 1.54) is 12.1 Å². The molecule has 0 atom stereocenters. The van der Waals surface area contributed by atoms with Crippen LogP contribution < -0.4 is 4.90 Å². The van der Waals surface area contributed by atoms with Gasteiger partial charge in [0.1, 0.15) is 5.82 Å². The molecule has 6 nitrogen and oxygen atoms in total. The molecule has 0 amide bonds. The molecule has 100 valence electrons. The average molecular weight is 254 g/mol. The Bertz CT molecular complexity index is 403. The van der Waals surface area contributed by atoms with Gasteiger partial charge in [-0.1, -0.05) is 6.92 Å². The van der Waals surface area contributed by atoms with Gasteiger partial charge < -0.3 is 20.2 Å². The number of anilines is 1. The van der Waals surface area contributed by atoms with Crippen LogP contribution in [0.4, 0.5) is 5.82 Å². The molecule has 0 bridgehead atoms. The summed E-state index contributed by atoms with van der Waals surface area (Å²) in [6.07, 6.45) is 0.625. The molecule has 0 spiro atoms. The Labute approximate surface area is 106 Å². The molecule has 3 N–H and O–H groups in total. The van der Waals surface area contributed by atoms with E-state index in [-0.39, 0.29) is 18.8 Å². The molecule has 0 aliphatic carbocycles. The van der Waals surface area contributed by atoms with Crippen LogP contribution >= 0.6 is 0 Å². The number of aliphatic hydroxyl groups excluding tert-OH is 2. The number of aromatic carboxylic acids is 1. The summed E-state index contributed by atoms with van der Waals surface area (Å²) in [5.74, 6) is -0.545. The first-order valence-corrected chi connectivity index (χ1v) is 5.83. The summed E-state index contributed by atoms with van der Waals surface area (Å²) < 4.78 is 0. The molecule has 0 aromatic carbocycles. The molecule has 0 saturated carbocycles. The number of nitrogens with zero attached hydrogens (tertiary/aromatic N) is 2. The van der Waals surface area contributed by atoms with E-state index in [0.717, 1.165) is 0 Å². The van der Waals surface area contributed by atoms with Crippen molar-refractivity contribution in [2.45, 2.75) is 13.3 Å². The largest absolute Gasteiger partial charge is 0.478 e. The summed E-state index contributed by atoms with van der Waals surface area (Å²) in [6, 6.07) is 2.98. The van der Waals surface area contributed by atoms with Crippen molar-refractivity contribution in [3.05, 3.63) is 23.4 Å². The van der Waals surface area contributed by atoms with E-state index < -0.39 is 5.97 Å². The Balaban J connectivity index is 3.11. The molecule has 0 unspecified atom stereocenters. The number of hydrogen-bond donors (Lipinski definition) is 3. The van der Waals surface area contributed by atoms with E-state index in [1.807, 2.05) is 6.92 Å². The van der Waals surface area contributed by atoms with Gasteiger partial charge in [0.2, 0.25) is 0 Å². The minimum Gasteiger partial charge on any atom is -0.478 e. The standard InChI is InChI=1S/C12H18N2O4/c1-2-10-7-9(12(17)18)8-11(13-10)14(3-5-15)4-6-16/h7-8,15-16H,2-6H2,1H3,(H,17,18). The van der Waals surface area contributed by atoms with Gasteiger partial charge in [-0.15, -0.1) is 0 Å². The summed E-state index contributed by atoms with van der Waals surface area (Å²) in [5.41, 5.74) is 0.837. The Morgan fingerprint density at radius 1 is 1.28 bits per heavy atom. The van der Waals surface area contributed by atoms with Gasteiger partial charge in [-0.3, -0.25) is 0 Å². The van der Waals surface area contributed by atoms with E-state index >= 15 is 0 Å². The van der Waals surface area contributed by atoms with Crippen molar-refractivity contribution < 1.29 is 20.1 Å². The lowest BCUT2D eigenvalue weighted by Crippen LogP contribution is -2.30. The predicted octanol–water partition coefficient (Wildman–Crippen LogP) is 0.133. The van der Waals surface area contributed by atoms with Crippen molar-refractivity contribution in [3.63, 3.8) is 0 Å². The second-order valence-electron chi connectivity index (χ2n) is 3.80. The first-order chi connectivity index (χ1) is 8.62. The highest BCUT2D eigenvalue weighted by atomic mass is 16.4. The number of carbonyl (C=O) groups is 1. The third-order valence-electron chi connectivity index (χ3n) is 2.54. The zero-order valence-corrected chi connectivity index (χ0v) is 10.3. The number of carboxylic acids is 1. The molecule has 1 aromatic heterocycles. The molecule has 0 aliphatic heterocycles. The maximum atomic E-state index is 11.0. The second-order valence-corrected chi connectivity index (χ2v) is 3.80. The van der Waals surface area contributed by atoms with Crippen LogP contribution in [0.3, 0.4) is 0 Å². The maximum absolute atomic E-state index is 11.0. The quantitative estimate of drug-likeness (QED) is 0.640. The van der Waals surface area contributed by atoms with Crippen LogP contribution in [0.1, 0.15) is 23.0 Å². The molecule has 1 rings (SSSR count). The molecule has 6 heteroatoms. The molecule has 1 aromatic rings. The van der Waals surface area contributed by atoms with Crippen LogP contribution in [0.5, 0.6) is 0 Å². The van der Waals surface area contributed by atoms with Gasteiger partial charge in [-0.25, -0.2) is 9.78 Å². The van der Waals surface area contributed by atoms with Crippen LogP contribution in [0.2, 0.25) is 0 Å². The highest BCUT2D eigenvalue weighted by Crippen LogP contribution is 2.15. The molecule has 18 heavy (non-hydrogen) atoms. The van der Waals surface area contributed by atoms with Crippen molar-refractivity contribution >= 4 is 11.8 Å². The van der Waals surface area contributed by atoms with E-state index in [2.05, 4.69) is 4.98 Å². The molecule has 0 fully saturated rings. The predicted molar refractivity (Wildman–Crippen MR) is 67.0 cm³/mol. The first kappa shape index (κ1) is 14.4. The normalized spacial score (nSPS) is 10.4. The zero-order chi connectivity index (χ0) is 13.5. The highest BCUT2D eigenvalue weighted by Gasteiger charge is 2.12. The van der Waals surface area contributed by atoms with Gasteiger partial charge in [-0.2, -0.15) is 0 Å². The molecule has 1 heterocycles. The summed E-state index contributed by atoms with van der Waals surface area (Å²) >= 11 is 0. The lowest BCUT2D eigenvalue weighted by Gasteiger charge is -2.22. The van der Waals surface area contributed by atoms with Gasteiger partial charge in [0.05, 0.1) is 18.8 Å². The molecule has 0 radical (unpaired) electrons. The second kappa shape index (κ2) is 6.93. The number of aryl methyl sites for hydroxylation is 1. The first-order valence-electron chi connectivity index (χ1n) is 5.83. The number of pyridine rings is 1. The van der Waals surface area contributed by atoms with Crippen LogP contribution in [0, 0.1) is 0 Å². The highest BCUT2D eigenvalue weighted by molar-refractivity contribution is 5.88. The number of rotatable bonds is 7. The Morgan fingerprint density at radius 2 is 1.89 bits per heavy atom. The monoisotopic (exact) mass is 254 g/mol. The fourth-order valence-corrected chi connectivity index (χ4v) is 1.62. The fraction of sp³-hybridized carbons (Fsp3) is 0.500. The van der Waals surface area contributed by atoms with Crippen molar-refractivity contribution in [2.75, 3.05) is 31.2 Å².